The summed E-state index contributed by atoms with van der Waals surface area (Å²) >= 11 is 0. The number of methoxy groups -OCH3 is 3. The van der Waals surface area contributed by atoms with Crippen LogP contribution in [0.25, 0.3) is 0 Å². The highest BCUT2D eigenvalue weighted by Crippen LogP contribution is 2.42. The lowest BCUT2D eigenvalue weighted by atomic mass is 9.95. The molecule has 0 unspecified atom stereocenters. The molecule has 29 heavy (non-hydrogen) atoms. The standard InChI is InChI=1S/C22H40O6Si/c1-16(2)20(25-8)17-11-12-19(26-14-23-6)18(21(17)27-15-24-7)13-28-29(9,10)22(3,4)5/h11-12,16,20H,13-15H2,1-10H3/t20-/m0/s1. The minimum atomic E-state index is -1.98. The van der Waals surface area contributed by atoms with Crippen LogP contribution >= 0.6 is 0 Å². The van der Waals surface area contributed by atoms with Crippen molar-refractivity contribution in [1.29, 1.82) is 0 Å². The van der Waals surface area contributed by atoms with Gasteiger partial charge in [-0.25, -0.2) is 0 Å². The van der Waals surface area contributed by atoms with Crippen molar-refractivity contribution in [1.82, 2.24) is 0 Å². The van der Waals surface area contributed by atoms with Crippen molar-refractivity contribution >= 4 is 8.32 Å². The van der Waals surface area contributed by atoms with Gasteiger partial charge >= 0.3 is 0 Å². The molecule has 1 aromatic rings. The summed E-state index contributed by atoms with van der Waals surface area (Å²) in [7, 11) is 2.94. The Bertz CT molecular complexity index is 624. The lowest BCUT2D eigenvalue weighted by molar-refractivity contribution is 0.0335. The van der Waals surface area contributed by atoms with Gasteiger partial charge in [0.05, 0.1) is 18.3 Å². The Hall–Kier alpha value is -1.12. The number of ether oxygens (including phenoxy) is 5. The van der Waals surface area contributed by atoms with E-state index >= 15 is 0 Å². The number of benzene rings is 1. The molecule has 168 valence electrons. The van der Waals surface area contributed by atoms with Crippen molar-refractivity contribution in [3.05, 3.63) is 23.3 Å². The van der Waals surface area contributed by atoms with E-state index in [4.69, 9.17) is 28.1 Å². The summed E-state index contributed by atoms with van der Waals surface area (Å²) in [6.07, 6.45) is -0.120. The van der Waals surface area contributed by atoms with Gasteiger partial charge in [-0.3, -0.25) is 0 Å². The molecule has 0 heterocycles. The van der Waals surface area contributed by atoms with Gasteiger partial charge in [0.1, 0.15) is 11.5 Å². The van der Waals surface area contributed by atoms with Crippen molar-refractivity contribution in [3.63, 3.8) is 0 Å². The van der Waals surface area contributed by atoms with Gasteiger partial charge in [-0.1, -0.05) is 34.6 Å². The highest BCUT2D eigenvalue weighted by molar-refractivity contribution is 6.74. The zero-order chi connectivity index (χ0) is 22.2. The largest absolute Gasteiger partial charge is 0.467 e. The average Bonchev–Trinajstić information content (AvgIpc) is 2.63. The van der Waals surface area contributed by atoms with Crippen LogP contribution in [0.1, 0.15) is 51.8 Å². The third-order valence-corrected chi connectivity index (χ3v) is 9.93. The maximum atomic E-state index is 6.51. The van der Waals surface area contributed by atoms with E-state index in [1.54, 1.807) is 21.3 Å². The first kappa shape index (κ1) is 25.9. The van der Waals surface area contributed by atoms with Gasteiger partial charge < -0.3 is 28.1 Å². The van der Waals surface area contributed by atoms with E-state index in [-0.39, 0.29) is 30.6 Å². The maximum absolute atomic E-state index is 6.51. The van der Waals surface area contributed by atoms with Crippen molar-refractivity contribution in [2.24, 2.45) is 5.92 Å². The van der Waals surface area contributed by atoms with E-state index < -0.39 is 8.32 Å². The van der Waals surface area contributed by atoms with Gasteiger partial charge in [0.25, 0.3) is 0 Å². The summed E-state index contributed by atoms with van der Waals surface area (Å²) in [6, 6.07) is 3.92. The summed E-state index contributed by atoms with van der Waals surface area (Å²) in [5.74, 6) is 1.64. The van der Waals surface area contributed by atoms with E-state index in [2.05, 4.69) is 47.7 Å². The summed E-state index contributed by atoms with van der Waals surface area (Å²) in [6.45, 7) is 16.0. The fourth-order valence-corrected chi connectivity index (χ4v) is 3.70. The van der Waals surface area contributed by atoms with Crippen molar-refractivity contribution in [2.45, 2.75) is 65.5 Å². The molecule has 1 aromatic carbocycles. The van der Waals surface area contributed by atoms with E-state index in [0.717, 1.165) is 11.1 Å². The van der Waals surface area contributed by atoms with E-state index in [9.17, 15) is 0 Å². The normalized spacial score (nSPS) is 13.6. The Labute approximate surface area is 177 Å². The Morgan fingerprint density at radius 2 is 1.52 bits per heavy atom. The molecule has 0 radical (unpaired) electrons. The fraction of sp³-hybridized carbons (Fsp3) is 0.727. The van der Waals surface area contributed by atoms with Crippen LogP contribution in [0.5, 0.6) is 11.5 Å². The highest BCUT2D eigenvalue weighted by Gasteiger charge is 2.38. The summed E-state index contributed by atoms with van der Waals surface area (Å²) in [4.78, 5) is 0. The molecule has 1 rings (SSSR count). The molecule has 0 fully saturated rings. The second-order valence-corrected chi connectivity index (χ2v) is 13.8. The van der Waals surface area contributed by atoms with Crippen molar-refractivity contribution in [2.75, 3.05) is 34.9 Å². The lowest BCUT2D eigenvalue weighted by Gasteiger charge is -2.36. The Balaban J connectivity index is 3.47. The zero-order valence-electron chi connectivity index (χ0n) is 19.9. The first-order valence-corrected chi connectivity index (χ1v) is 13.0. The molecule has 0 aromatic heterocycles. The van der Waals surface area contributed by atoms with Crippen LogP contribution in [-0.2, 0) is 25.2 Å². The molecule has 7 heteroatoms. The van der Waals surface area contributed by atoms with Gasteiger partial charge in [-0.15, -0.1) is 0 Å². The van der Waals surface area contributed by atoms with E-state index in [1.807, 2.05) is 12.1 Å². The SMILES string of the molecule is COCOc1ccc([C@@H](OC)C(C)C)c(OCOC)c1CO[Si](C)(C)C(C)(C)C. The molecular weight excluding hydrogens is 388 g/mol. The third-order valence-electron chi connectivity index (χ3n) is 5.45. The van der Waals surface area contributed by atoms with Crippen LogP contribution in [0.3, 0.4) is 0 Å². The Morgan fingerprint density at radius 1 is 0.931 bits per heavy atom. The summed E-state index contributed by atoms with van der Waals surface area (Å²) in [5, 5.41) is 0.0959. The van der Waals surface area contributed by atoms with E-state index in [1.165, 1.54) is 0 Å². The van der Waals surface area contributed by atoms with Crippen molar-refractivity contribution in [3.8, 4) is 11.5 Å². The van der Waals surface area contributed by atoms with Crippen LogP contribution < -0.4 is 9.47 Å². The van der Waals surface area contributed by atoms with Gasteiger partial charge in [0.15, 0.2) is 21.9 Å². The van der Waals surface area contributed by atoms with Gasteiger partial charge in [-0.2, -0.15) is 0 Å². The molecule has 0 aliphatic rings. The quantitative estimate of drug-likeness (QED) is 0.323. The Kier molecular flexibility index (Phi) is 10.1. The smallest absolute Gasteiger partial charge is 0.192 e. The average molecular weight is 429 g/mol. The lowest BCUT2D eigenvalue weighted by Crippen LogP contribution is -2.40. The summed E-state index contributed by atoms with van der Waals surface area (Å²) < 4.78 is 34.5. The van der Waals surface area contributed by atoms with Crippen LogP contribution in [0.15, 0.2) is 12.1 Å². The molecule has 6 nitrogen and oxygen atoms in total. The molecule has 0 amide bonds. The number of rotatable bonds is 12. The van der Waals surface area contributed by atoms with Gasteiger partial charge in [0, 0.05) is 26.9 Å². The van der Waals surface area contributed by atoms with Crippen LogP contribution in [0, 0.1) is 5.92 Å². The van der Waals surface area contributed by atoms with Gasteiger partial charge in [0.2, 0.25) is 0 Å². The van der Waals surface area contributed by atoms with Gasteiger partial charge in [-0.05, 0) is 36.2 Å². The molecule has 1 atom stereocenters. The monoisotopic (exact) mass is 428 g/mol. The predicted molar refractivity (Wildman–Crippen MR) is 118 cm³/mol. The van der Waals surface area contributed by atoms with Crippen LogP contribution in [0.4, 0.5) is 0 Å². The van der Waals surface area contributed by atoms with Crippen LogP contribution in [0.2, 0.25) is 18.1 Å². The number of hydrogen-bond donors (Lipinski definition) is 0. The number of hydrogen-bond acceptors (Lipinski definition) is 6. The molecule has 0 aliphatic heterocycles. The second-order valence-electron chi connectivity index (χ2n) is 9.01. The zero-order valence-corrected chi connectivity index (χ0v) is 20.9. The topological polar surface area (TPSA) is 55.4 Å². The predicted octanol–water partition coefficient (Wildman–Crippen LogP) is 5.52. The molecule has 0 spiro atoms. The minimum Gasteiger partial charge on any atom is -0.467 e. The van der Waals surface area contributed by atoms with Crippen molar-refractivity contribution < 1.29 is 28.1 Å². The first-order valence-electron chi connectivity index (χ1n) is 10.1. The molecular formula is C22H40O6Si. The molecule has 0 aliphatic carbocycles. The fourth-order valence-electron chi connectivity index (χ4n) is 2.76. The van der Waals surface area contributed by atoms with Crippen LogP contribution in [-0.4, -0.2) is 43.2 Å². The van der Waals surface area contributed by atoms with E-state index in [0.29, 0.717) is 18.1 Å². The molecule has 0 N–H and O–H groups in total. The highest BCUT2D eigenvalue weighted by atomic mass is 28.4. The third kappa shape index (κ3) is 6.96. The molecule has 0 saturated heterocycles. The minimum absolute atomic E-state index is 0.0959. The molecule has 0 saturated carbocycles. The molecule has 0 bridgehead atoms. The maximum Gasteiger partial charge on any atom is 0.192 e. The second kappa shape index (κ2) is 11.3. The Morgan fingerprint density at radius 3 is 2.00 bits per heavy atom. The first-order chi connectivity index (χ1) is 13.5. The summed E-state index contributed by atoms with van der Waals surface area (Å²) in [5.41, 5.74) is 1.81.